The standard InChI is InChI=1S/C24H21N3OS/c1-18-14-20(12-13-23(18)28-16-19-8-4-2-5-9-19)15-25-27-24-26-22(17-29-24)21-10-6-3-7-11-21/h2-15,17H,16H2,1H3,(H,26,27). The smallest absolute Gasteiger partial charge is 0.203 e. The van der Waals surface area contributed by atoms with Crippen molar-refractivity contribution in [3.63, 3.8) is 0 Å². The van der Waals surface area contributed by atoms with E-state index >= 15 is 0 Å². The van der Waals surface area contributed by atoms with Gasteiger partial charge >= 0.3 is 0 Å². The van der Waals surface area contributed by atoms with Crippen LogP contribution < -0.4 is 10.2 Å². The summed E-state index contributed by atoms with van der Waals surface area (Å²) in [6.45, 7) is 2.60. The molecular weight excluding hydrogens is 378 g/mol. The van der Waals surface area contributed by atoms with Crippen molar-refractivity contribution in [2.75, 3.05) is 5.43 Å². The molecule has 0 unspecified atom stereocenters. The molecule has 0 atom stereocenters. The van der Waals surface area contributed by atoms with Gasteiger partial charge in [0.1, 0.15) is 12.4 Å². The zero-order valence-electron chi connectivity index (χ0n) is 16.1. The van der Waals surface area contributed by atoms with Crippen LogP contribution in [0.1, 0.15) is 16.7 Å². The molecule has 4 rings (SSSR count). The van der Waals surface area contributed by atoms with Crippen molar-refractivity contribution < 1.29 is 4.74 Å². The molecule has 0 spiro atoms. The SMILES string of the molecule is Cc1cc(C=NNc2nc(-c3ccccc3)cs2)ccc1OCc1ccccc1. The van der Waals surface area contributed by atoms with Gasteiger partial charge < -0.3 is 4.74 Å². The molecule has 0 aliphatic rings. The highest BCUT2D eigenvalue weighted by Gasteiger charge is 2.04. The van der Waals surface area contributed by atoms with Crippen molar-refractivity contribution in [3.05, 3.63) is 101 Å². The Kier molecular flexibility index (Phi) is 5.98. The fraction of sp³-hybridized carbons (Fsp3) is 0.0833. The third-order valence-corrected chi connectivity index (χ3v) is 5.13. The predicted molar refractivity (Wildman–Crippen MR) is 121 cm³/mol. The number of aromatic nitrogens is 1. The minimum Gasteiger partial charge on any atom is -0.489 e. The summed E-state index contributed by atoms with van der Waals surface area (Å²) in [6.07, 6.45) is 1.79. The third-order valence-electron chi connectivity index (χ3n) is 4.38. The Balaban J connectivity index is 1.35. The Labute approximate surface area is 174 Å². The van der Waals surface area contributed by atoms with Crippen LogP contribution in [0.4, 0.5) is 5.13 Å². The zero-order chi connectivity index (χ0) is 19.9. The van der Waals surface area contributed by atoms with Gasteiger partial charge in [0.2, 0.25) is 5.13 Å². The first kappa shape index (κ1) is 18.9. The van der Waals surface area contributed by atoms with Crippen molar-refractivity contribution >= 4 is 22.7 Å². The van der Waals surface area contributed by atoms with E-state index in [9.17, 15) is 0 Å². The van der Waals surface area contributed by atoms with E-state index < -0.39 is 0 Å². The second-order valence-corrected chi connectivity index (χ2v) is 7.43. The molecule has 0 saturated carbocycles. The number of hydrogen-bond acceptors (Lipinski definition) is 5. The molecule has 0 fully saturated rings. The first-order valence-electron chi connectivity index (χ1n) is 9.35. The largest absolute Gasteiger partial charge is 0.489 e. The molecule has 0 radical (unpaired) electrons. The summed E-state index contributed by atoms with van der Waals surface area (Å²) in [5.74, 6) is 0.881. The number of hydrogen-bond donors (Lipinski definition) is 1. The quantitative estimate of drug-likeness (QED) is 0.300. The molecule has 4 aromatic rings. The minimum absolute atomic E-state index is 0.560. The van der Waals surface area contributed by atoms with Crippen LogP contribution in [-0.4, -0.2) is 11.2 Å². The normalized spacial score (nSPS) is 10.9. The lowest BCUT2D eigenvalue weighted by Crippen LogP contribution is -1.97. The zero-order valence-corrected chi connectivity index (χ0v) is 16.9. The molecule has 0 aliphatic heterocycles. The number of anilines is 1. The molecule has 5 heteroatoms. The summed E-state index contributed by atoms with van der Waals surface area (Å²) in [6, 6.07) is 26.3. The molecule has 1 aromatic heterocycles. The van der Waals surface area contributed by atoms with Crippen molar-refractivity contribution in [3.8, 4) is 17.0 Å². The van der Waals surface area contributed by atoms with Crippen molar-refractivity contribution in [1.82, 2.24) is 4.98 Å². The van der Waals surface area contributed by atoms with Crippen LogP contribution in [-0.2, 0) is 6.61 Å². The van der Waals surface area contributed by atoms with Crippen LogP contribution in [0.15, 0.2) is 89.3 Å². The highest BCUT2D eigenvalue weighted by molar-refractivity contribution is 7.14. The lowest BCUT2D eigenvalue weighted by atomic mass is 10.1. The van der Waals surface area contributed by atoms with Crippen LogP contribution in [0.25, 0.3) is 11.3 Å². The third kappa shape index (κ3) is 5.09. The number of thiazole rings is 1. The average Bonchev–Trinajstić information content (AvgIpc) is 3.23. The summed E-state index contributed by atoms with van der Waals surface area (Å²) in [4.78, 5) is 4.57. The number of hydrazone groups is 1. The van der Waals surface area contributed by atoms with Crippen molar-refractivity contribution in [1.29, 1.82) is 0 Å². The fourth-order valence-electron chi connectivity index (χ4n) is 2.88. The van der Waals surface area contributed by atoms with E-state index in [0.29, 0.717) is 6.61 Å². The average molecular weight is 400 g/mol. The Morgan fingerprint density at radius 3 is 2.52 bits per heavy atom. The van der Waals surface area contributed by atoms with E-state index in [4.69, 9.17) is 4.74 Å². The summed E-state index contributed by atoms with van der Waals surface area (Å²) in [5.41, 5.74) is 8.29. The highest BCUT2D eigenvalue weighted by atomic mass is 32.1. The van der Waals surface area contributed by atoms with Gasteiger partial charge in [-0.1, -0.05) is 60.7 Å². The molecule has 0 bridgehead atoms. The van der Waals surface area contributed by atoms with E-state index in [1.807, 2.05) is 73.0 Å². The van der Waals surface area contributed by atoms with Gasteiger partial charge in [-0.3, -0.25) is 5.43 Å². The number of nitrogens with one attached hydrogen (secondary N) is 1. The Bertz CT molecular complexity index is 1090. The van der Waals surface area contributed by atoms with Gasteiger partial charge in [0.15, 0.2) is 0 Å². The minimum atomic E-state index is 0.560. The maximum atomic E-state index is 5.93. The lowest BCUT2D eigenvalue weighted by Gasteiger charge is -2.09. The first-order chi connectivity index (χ1) is 14.3. The maximum absolute atomic E-state index is 5.93. The van der Waals surface area contributed by atoms with Gasteiger partial charge in [-0.25, -0.2) is 4.98 Å². The van der Waals surface area contributed by atoms with Gasteiger partial charge in [0.05, 0.1) is 11.9 Å². The number of rotatable bonds is 7. The summed E-state index contributed by atoms with van der Waals surface area (Å²) in [7, 11) is 0. The summed E-state index contributed by atoms with van der Waals surface area (Å²) in [5, 5.41) is 7.10. The molecular formula is C24H21N3OS. The number of ether oxygens (including phenoxy) is 1. The van der Waals surface area contributed by atoms with Crippen molar-refractivity contribution in [2.24, 2.45) is 5.10 Å². The molecule has 0 aliphatic carbocycles. The van der Waals surface area contributed by atoms with E-state index in [-0.39, 0.29) is 0 Å². The number of benzene rings is 3. The van der Waals surface area contributed by atoms with E-state index in [1.54, 1.807) is 6.21 Å². The second-order valence-electron chi connectivity index (χ2n) is 6.57. The Morgan fingerprint density at radius 2 is 1.76 bits per heavy atom. The molecule has 29 heavy (non-hydrogen) atoms. The van der Waals surface area contributed by atoms with Crippen LogP contribution >= 0.6 is 11.3 Å². The molecule has 0 amide bonds. The number of nitrogens with zero attached hydrogens (tertiary/aromatic N) is 2. The summed E-state index contributed by atoms with van der Waals surface area (Å²) >= 11 is 1.53. The molecule has 0 saturated heterocycles. The van der Waals surface area contributed by atoms with Crippen LogP contribution in [0, 0.1) is 6.92 Å². The van der Waals surface area contributed by atoms with E-state index in [2.05, 4.69) is 33.7 Å². The summed E-state index contributed by atoms with van der Waals surface area (Å²) < 4.78 is 5.93. The van der Waals surface area contributed by atoms with E-state index in [1.165, 1.54) is 11.3 Å². The van der Waals surface area contributed by atoms with Crippen LogP contribution in [0.2, 0.25) is 0 Å². The Hall–Kier alpha value is -3.44. The highest BCUT2D eigenvalue weighted by Crippen LogP contribution is 2.24. The topological polar surface area (TPSA) is 46.5 Å². The van der Waals surface area contributed by atoms with Gasteiger partial charge in [-0.2, -0.15) is 5.10 Å². The van der Waals surface area contributed by atoms with Crippen LogP contribution in [0.3, 0.4) is 0 Å². The van der Waals surface area contributed by atoms with E-state index in [0.717, 1.165) is 38.8 Å². The fourth-order valence-corrected chi connectivity index (χ4v) is 3.55. The molecule has 1 heterocycles. The lowest BCUT2D eigenvalue weighted by molar-refractivity contribution is 0.304. The van der Waals surface area contributed by atoms with Gasteiger partial charge in [-0.15, -0.1) is 11.3 Å². The second kappa shape index (κ2) is 9.17. The van der Waals surface area contributed by atoms with Gasteiger partial charge in [0, 0.05) is 10.9 Å². The molecule has 144 valence electrons. The molecule has 4 nitrogen and oxygen atoms in total. The molecule has 3 aromatic carbocycles. The maximum Gasteiger partial charge on any atom is 0.203 e. The first-order valence-corrected chi connectivity index (χ1v) is 10.2. The van der Waals surface area contributed by atoms with Gasteiger partial charge in [0.25, 0.3) is 0 Å². The monoisotopic (exact) mass is 399 g/mol. The Morgan fingerprint density at radius 1 is 1.00 bits per heavy atom. The van der Waals surface area contributed by atoms with Gasteiger partial charge in [-0.05, 0) is 41.8 Å². The molecule has 1 N–H and O–H groups in total. The van der Waals surface area contributed by atoms with Crippen LogP contribution in [0.5, 0.6) is 5.75 Å². The number of aryl methyl sites for hydroxylation is 1. The predicted octanol–water partition coefficient (Wildman–Crippen LogP) is 6.14. The van der Waals surface area contributed by atoms with Crippen molar-refractivity contribution in [2.45, 2.75) is 13.5 Å².